The van der Waals surface area contributed by atoms with Gasteiger partial charge in [0.25, 0.3) is 0 Å². The summed E-state index contributed by atoms with van der Waals surface area (Å²) < 4.78 is 30.4. The van der Waals surface area contributed by atoms with E-state index >= 15 is 0 Å². The number of carbonyl (C=O) groups is 2. The van der Waals surface area contributed by atoms with E-state index in [1.54, 1.807) is 11.0 Å². The van der Waals surface area contributed by atoms with Crippen molar-refractivity contribution in [2.45, 2.75) is 130 Å². The number of esters is 2. The molecule has 0 aliphatic heterocycles. The molecule has 2 atom stereocenters. The number of anilines is 1. The zero-order valence-electron chi connectivity index (χ0n) is 27.9. The molecule has 0 spiro atoms. The quantitative estimate of drug-likeness (QED) is 0.133. The molecule has 42 heavy (non-hydrogen) atoms. The van der Waals surface area contributed by atoms with Gasteiger partial charge in [-0.25, -0.2) is 0 Å². The summed E-state index contributed by atoms with van der Waals surface area (Å²) in [7, 11) is -2.02. The third-order valence-electron chi connectivity index (χ3n) is 7.35. The standard InChI is InChI=1S/C33H55NO7Si/c1-13-19-37-27-15-14-16-28(27)39-26-18-17-24(23-38-42(11,12)33(8,9)10)20-25(26)34(21-29(35)40-31(2,3)4)22-30(36)41-32(5,6)7/h13,17-18,20,27-28H,1,14-16,19,21-23H2,2-12H3/t27-,28-/m0/s1. The third kappa shape index (κ3) is 11.7. The average molecular weight is 606 g/mol. The smallest absolute Gasteiger partial charge is 0.326 e. The molecule has 1 aliphatic carbocycles. The zero-order chi connectivity index (χ0) is 31.9. The zero-order valence-corrected chi connectivity index (χ0v) is 28.9. The largest absolute Gasteiger partial charge is 0.486 e. The van der Waals surface area contributed by atoms with E-state index in [0.717, 1.165) is 24.8 Å². The lowest BCUT2D eigenvalue weighted by Gasteiger charge is -2.36. The van der Waals surface area contributed by atoms with Gasteiger partial charge < -0.3 is 28.3 Å². The Hall–Kier alpha value is -2.36. The molecular formula is C33H55NO7Si. The summed E-state index contributed by atoms with van der Waals surface area (Å²) >= 11 is 0. The molecule has 1 fully saturated rings. The van der Waals surface area contributed by atoms with Crippen molar-refractivity contribution in [2.24, 2.45) is 0 Å². The molecule has 0 N–H and O–H groups in total. The summed E-state index contributed by atoms with van der Waals surface area (Å²) in [6.45, 7) is 26.3. The summed E-state index contributed by atoms with van der Waals surface area (Å²) in [5.41, 5.74) is 0.183. The van der Waals surface area contributed by atoms with E-state index in [9.17, 15) is 9.59 Å². The van der Waals surface area contributed by atoms with Gasteiger partial charge in [-0.05, 0) is 96.6 Å². The van der Waals surface area contributed by atoms with Gasteiger partial charge in [-0.15, -0.1) is 6.58 Å². The number of hydrogen-bond donors (Lipinski definition) is 0. The summed E-state index contributed by atoms with van der Waals surface area (Å²) in [6.07, 6.45) is 4.23. The number of ether oxygens (including phenoxy) is 4. The van der Waals surface area contributed by atoms with Crippen molar-refractivity contribution in [3.8, 4) is 5.75 Å². The number of nitrogens with zero attached hydrogens (tertiary/aromatic N) is 1. The van der Waals surface area contributed by atoms with Crippen molar-refractivity contribution in [2.75, 3.05) is 24.6 Å². The van der Waals surface area contributed by atoms with Crippen LogP contribution >= 0.6 is 0 Å². The van der Waals surface area contributed by atoms with Crippen LogP contribution in [-0.2, 0) is 34.8 Å². The summed E-state index contributed by atoms with van der Waals surface area (Å²) in [5, 5.41) is 0.0568. The molecule has 2 rings (SSSR count). The van der Waals surface area contributed by atoms with Gasteiger partial charge in [0.1, 0.15) is 36.1 Å². The van der Waals surface area contributed by atoms with Crippen LogP contribution in [0.5, 0.6) is 5.75 Å². The molecule has 0 amide bonds. The minimum absolute atomic E-state index is 0.0568. The number of hydrogen-bond acceptors (Lipinski definition) is 8. The van der Waals surface area contributed by atoms with Crippen molar-refractivity contribution >= 4 is 25.9 Å². The van der Waals surface area contributed by atoms with E-state index in [1.165, 1.54) is 0 Å². The Morgan fingerprint density at radius 1 is 0.929 bits per heavy atom. The van der Waals surface area contributed by atoms with Crippen molar-refractivity contribution in [1.29, 1.82) is 0 Å². The molecule has 9 heteroatoms. The SMILES string of the molecule is C=CCO[C@H]1CCC[C@@H]1Oc1ccc(CO[Si](C)(C)C(C)(C)C)cc1N(CC(=O)OC(C)(C)C)CC(=O)OC(C)(C)C. The van der Waals surface area contributed by atoms with E-state index in [4.69, 9.17) is 23.4 Å². The normalized spacial score (nSPS) is 18.0. The first-order valence-corrected chi connectivity index (χ1v) is 18.0. The second-order valence-corrected chi connectivity index (χ2v) is 19.4. The highest BCUT2D eigenvalue weighted by Gasteiger charge is 2.37. The molecule has 0 saturated heterocycles. The van der Waals surface area contributed by atoms with Gasteiger partial charge in [0.2, 0.25) is 0 Å². The van der Waals surface area contributed by atoms with Crippen molar-refractivity contribution < 1.29 is 33.0 Å². The fourth-order valence-corrected chi connectivity index (χ4v) is 5.30. The molecule has 1 aromatic carbocycles. The van der Waals surface area contributed by atoms with Crippen molar-refractivity contribution in [1.82, 2.24) is 0 Å². The molecule has 0 unspecified atom stereocenters. The topological polar surface area (TPSA) is 83.5 Å². The van der Waals surface area contributed by atoms with Crippen LogP contribution in [-0.4, -0.2) is 63.4 Å². The number of rotatable bonds is 13. The Balaban J connectivity index is 2.51. The maximum Gasteiger partial charge on any atom is 0.326 e. The number of benzene rings is 1. The summed E-state index contributed by atoms with van der Waals surface area (Å²) in [6, 6.07) is 5.84. The van der Waals surface area contributed by atoms with Gasteiger partial charge in [-0.3, -0.25) is 9.59 Å². The van der Waals surface area contributed by atoms with Crippen LogP contribution < -0.4 is 9.64 Å². The van der Waals surface area contributed by atoms with Crippen molar-refractivity contribution in [3.63, 3.8) is 0 Å². The van der Waals surface area contributed by atoms with Gasteiger partial charge in [0.05, 0.1) is 25.0 Å². The maximum absolute atomic E-state index is 13.1. The predicted octanol–water partition coefficient (Wildman–Crippen LogP) is 7.20. The Morgan fingerprint density at radius 2 is 1.48 bits per heavy atom. The molecule has 238 valence electrons. The molecule has 1 saturated carbocycles. The maximum atomic E-state index is 13.1. The first kappa shape index (κ1) is 35.8. The average Bonchev–Trinajstić information content (AvgIpc) is 3.25. The fourth-order valence-electron chi connectivity index (χ4n) is 4.34. The lowest BCUT2D eigenvalue weighted by Crippen LogP contribution is -2.41. The van der Waals surface area contributed by atoms with Gasteiger partial charge in [0.15, 0.2) is 8.32 Å². The van der Waals surface area contributed by atoms with Gasteiger partial charge in [0, 0.05) is 0 Å². The van der Waals surface area contributed by atoms with Gasteiger partial charge in [-0.1, -0.05) is 32.9 Å². The fraction of sp³-hybridized carbons (Fsp3) is 0.697. The molecule has 8 nitrogen and oxygen atoms in total. The van der Waals surface area contributed by atoms with Gasteiger partial charge >= 0.3 is 11.9 Å². The van der Waals surface area contributed by atoms with Crippen LogP contribution in [0, 0.1) is 0 Å². The number of carbonyl (C=O) groups excluding carboxylic acids is 2. The Kier molecular flexibility index (Phi) is 12.3. The molecule has 0 aromatic heterocycles. The van der Waals surface area contributed by atoms with Crippen LogP contribution in [0.25, 0.3) is 0 Å². The second-order valence-electron chi connectivity index (χ2n) is 14.6. The monoisotopic (exact) mass is 605 g/mol. The molecule has 1 aromatic rings. The van der Waals surface area contributed by atoms with Crippen LogP contribution in [0.15, 0.2) is 30.9 Å². The Morgan fingerprint density at radius 3 is 1.98 bits per heavy atom. The Bertz CT molecular complexity index is 1040. The van der Waals surface area contributed by atoms with Gasteiger partial charge in [-0.2, -0.15) is 0 Å². The van der Waals surface area contributed by atoms with Crippen LogP contribution in [0.4, 0.5) is 5.69 Å². The Labute approximate surface area is 255 Å². The molecular weight excluding hydrogens is 550 g/mol. The van der Waals surface area contributed by atoms with Crippen molar-refractivity contribution in [3.05, 3.63) is 36.4 Å². The third-order valence-corrected chi connectivity index (χ3v) is 11.8. The minimum Gasteiger partial charge on any atom is -0.486 e. The molecule has 0 bridgehead atoms. The lowest BCUT2D eigenvalue weighted by atomic mass is 10.1. The predicted molar refractivity (Wildman–Crippen MR) is 171 cm³/mol. The van der Waals surface area contributed by atoms with Crippen LogP contribution in [0.3, 0.4) is 0 Å². The van der Waals surface area contributed by atoms with Crippen LogP contribution in [0.1, 0.15) is 87.1 Å². The highest BCUT2D eigenvalue weighted by atomic mass is 28.4. The summed E-state index contributed by atoms with van der Waals surface area (Å²) in [4.78, 5) is 27.8. The summed E-state index contributed by atoms with van der Waals surface area (Å²) in [5.74, 6) is -0.335. The molecule has 1 aliphatic rings. The van der Waals surface area contributed by atoms with E-state index in [1.807, 2.05) is 59.7 Å². The minimum atomic E-state index is -2.02. The van der Waals surface area contributed by atoms with E-state index in [0.29, 0.717) is 24.7 Å². The highest BCUT2D eigenvalue weighted by Crippen LogP contribution is 2.38. The van der Waals surface area contributed by atoms with E-state index < -0.39 is 31.5 Å². The second kappa shape index (κ2) is 14.4. The van der Waals surface area contributed by atoms with E-state index in [-0.39, 0.29) is 30.3 Å². The lowest BCUT2D eigenvalue weighted by molar-refractivity contribution is -0.154. The first-order valence-electron chi connectivity index (χ1n) is 15.1. The molecule has 0 radical (unpaired) electrons. The first-order chi connectivity index (χ1) is 19.2. The van der Waals surface area contributed by atoms with Crippen LogP contribution in [0.2, 0.25) is 18.1 Å². The molecule has 0 heterocycles. The van der Waals surface area contributed by atoms with E-state index in [2.05, 4.69) is 40.4 Å². The highest BCUT2D eigenvalue weighted by molar-refractivity contribution is 6.74.